The van der Waals surface area contributed by atoms with E-state index in [1.807, 2.05) is 0 Å². The zero-order valence-electron chi connectivity index (χ0n) is 9.54. The number of hydrogen-bond acceptors (Lipinski definition) is 2. The molecule has 0 radical (unpaired) electrons. The van der Waals surface area contributed by atoms with Crippen LogP contribution in [-0.4, -0.2) is 15.2 Å². The van der Waals surface area contributed by atoms with Gasteiger partial charge in [-0.25, -0.2) is 0 Å². The number of carbonyl (C=O) groups excluding carboxylic acids is 1. The maximum Gasteiger partial charge on any atom is 0.256 e. The van der Waals surface area contributed by atoms with Crippen molar-refractivity contribution in [3.63, 3.8) is 0 Å². The molecule has 0 atom stereocenters. The second-order valence-corrected chi connectivity index (χ2v) is 4.55. The van der Waals surface area contributed by atoms with Gasteiger partial charge in [0.2, 0.25) is 0 Å². The first-order valence-corrected chi connectivity index (χ1v) is 6.57. The van der Waals surface area contributed by atoms with Crippen molar-refractivity contribution in [3.05, 3.63) is 0 Å². The monoisotopic (exact) mass is 279 g/mol. The highest BCUT2D eigenvalue weighted by Crippen LogP contribution is 2.10. The fourth-order valence-corrected chi connectivity index (χ4v) is 1.68. The predicted molar refractivity (Wildman–Crippen MR) is 64.8 cm³/mol. The van der Waals surface area contributed by atoms with Gasteiger partial charge >= 0.3 is 0 Å². The van der Waals surface area contributed by atoms with E-state index in [0.29, 0.717) is 10.5 Å². The van der Waals surface area contributed by atoms with Crippen molar-refractivity contribution in [2.45, 2.75) is 64.7 Å². The van der Waals surface area contributed by atoms with E-state index in [-0.39, 0.29) is 5.91 Å². The summed E-state index contributed by atoms with van der Waals surface area (Å²) in [5, 5.41) is 8.72. The largest absolute Gasteiger partial charge is 0.275 e. The van der Waals surface area contributed by atoms with E-state index in [1.54, 1.807) is 0 Å². The Balaban J connectivity index is 3.08. The van der Waals surface area contributed by atoms with Crippen LogP contribution >= 0.6 is 16.1 Å². The van der Waals surface area contributed by atoms with Gasteiger partial charge in [-0.3, -0.25) is 10.0 Å². The van der Waals surface area contributed by atoms with Crippen molar-refractivity contribution in [2.75, 3.05) is 0 Å². The van der Waals surface area contributed by atoms with Crippen molar-refractivity contribution in [1.29, 1.82) is 0 Å². The Bertz CT molecular complexity index is 163. The standard InChI is InChI=1S/C11H22BrNO2/c1-2-3-4-5-6-7-8-9-10-11(14)13(12)15/h15H,2-10H2,1H3. The van der Waals surface area contributed by atoms with Gasteiger partial charge in [0.05, 0.1) is 16.1 Å². The van der Waals surface area contributed by atoms with Crippen molar-refractivity contribution in [3.8, 4) is 0 Å². The van der Waals surface area contributed by atoms with Gasteiger partial charge in [-0.1, -0.05) is 51.9 Å². The number of hydrogen-bond donors (Lipinski definition) is 1. The Hall–Kier alpha value is -0.0900. The van der Waals surface area contributed by atoms with E-state index in [9.17, 15) is 4.79 Å². The maximum absolute atomic E-state index is 10.9. The SMILES string of the molecule is CCCCCCCCCCC(=O)N(O)Br. The summed E-state index contributed by atoms with van der Waals surface area (Å²) in [6, 6.07) is 0. The summed E-state index contributed by atoms with van der Waals surface area (Å²) in [6.07, 6.45) is 10.1. The lowest BCUT2D eigenvalue weighted by Crippen LogP contribution is -2.15. The van der Waals surface area contributed by atoms with Crippen molar-refractivity contribution in [2.24, 2.45) is 0 Å². The minimum absolute atomic E-state index is 0.263. The molecule has 90 valence electrons. The zero-order chi connectivity index (χ0) is 11.5. The van der Waals surface area contributed by atoms with E-state index < -0.39 is 0 Å². The van der Waals surface area contributed by atoms with Crippen LogP contribution in [0.15, 0.2) is 0 Å². The number of rotatable bonds is 9. The molecule has 0 aromatic carbocycles. The fourth-order valence-electron chi connectivity index (χ4n) is 1.50. The predicted octanol–water partition coefficient (Wildman–Crippen LogP) is 4.04. The first-order valence-electron chi connectivity index (χ1n) is 5.86. The maximum atomic E-state index is 10.9. The van der Waals surface area contributed by atoms with Crippen molar-refractivity contribution >= 4 is 22.1 Å². The average Bonchev–Trinajstić information content (AvgIpc) is 2.21. The summed E-state index contributed by atoms with van der Waals surface area (Å²) in [5.41, 5.74) is 0. The molecule has 0 aliphatic rings. The third-order valence-corrected chi connectivity index (χ3v) is 2.85. The molecule has 0 aromatic heterocycles. The van der Waals surface area contributed by atoms with Gasteiger partial charge in [-0.2, -0.15) is 4.09 Å². The lowest BCUT2D eigenvalue weighted by atomic mass is 10.1. The summed E-state index contributed by atoms with van der Waals surface area (Å²) in [6.45, 7) is 2.21. The molecule has 3 nitrogen and oxygen atoms in total. The van der Waals surface area contributed by atoms with E-state index >= 15 is 0 Å². The minimum atomic E-state index is -0.263. The molecule has 0 fully saturated rings. The van der Waals surface area contributed by atoms with E-state index in [1.165, 1.54) is 38.5 Å². The summed E-state index contributed by atoms with van der Waals surface area (Å²) in [5.74, 6) is -0.263. The molecule has 0 rings (SSSR count). The molecule has 0 aliphatic carbocycles. The molecule has 1 amide bonds. The quantitative estimate of drug-likeness (QED) is 0.299. The molecule has 0 aliphatic heterocycles. The smallest absolute Gasteiger partial charge is 0.256 e. The lowest BCUT2D eigenvalue weighted by Gasteiger charge is -2.05. The number of amides is 1. The van der Waals surface area contributed by atoms with Crippen LogP contribution in [0.5, 0.6) is 0 Å². The second kappa shape index (κ2) is 10.4. The van der Waals surface area contributed by atoms with Crippen LogP contribution in [0.2, 0.25) is 0 Å². The molecule has 0 aromatic rings. The third-order valence-electron chi connectivity index (χ3n) is 2.45. The summed E-state index contributed by atoms with van der Waals surface area (Å²) < 4.78 is 0.494. The highest BCUT2D eigenvalue weighted by atomic mass is 79.9. The van der Waals surface area contributed by atoms with Crippen LogP contribution in [0.1, 0.15) is 64.7 Å². The Morgan fingerprint density at radius 3 is 2.00 bits per heavy atom. The average molecular weight is 280 g/mol. The highest BCUT2D eigenvalue weighted by Gasteiger charge is 2.05. The topological polar surface area (TPSA) is 40.5 Å². The number of unbranched alkanes of at least 4 members (excludes halogenated alkanes) is 7. The lowest BCUT2D eigenvalue weighted by molar-refractivity contribution is -0.143. The molecular formula is C11H22BrNO2. The van der Waals surface area contributed by atoms with Crippen molar-refractivity contribution < 1.29 is 10.0 Å². The Kier molecular flexibility index (Phi) is 10.4. The zero-order valence-corrected chi connectivity index (χ0v) is 11.1. The molecule has 0 bridgehead atoms. The van der Waals surface area contributed by atoms with E-state index in [2.05, 4.69) is 23.1 Å². The number of hydroxylamine groups is 1. The Morgan fingerprint density at radius 2 is 1.53 bits per heavy atom. The van der Waals surface area contributed by atoms with Crippen LogP contribution in [0, 0.1) is 0 Å². The molecule has 0 saturated heterocycles. The summed E-state index contributed by atoms with van der Waals surface area (Å²) in [4.78, 5) is 10.9. The first kappa shape index (κ1) is 14.9. The van der Waals surface area contributed by atoms with Gasteiger partial charge in [0.25, 0.3) is 5.91 Å². The first-order chi connectivity index (χ1) is 7.18. The highest BCUT2D eigenvalue weighted by molar-refractivity contribution is 9.07. The number of halogens is 1. The number of nitrogens with zero attached hydrogens (tertiary/aromatic N) is 1. The van der Waals surface area contributed by atoms with Crippen LogP contribution < -0.4 is 0 Å². The molecule has 4 heteroatoms. The molecular weight excluding hydrogens is 258 g/mol. The van der Waals surface area contributed by atoms with Crippen molar-refractivity contribution in [1.82, 2.24) is 4.09 Å². The molecule has 15 heavy (non-hydrogen) atoms. The van der Waals surface area contributed by atoms with Gasteiger partial charge in [0, 0.05) is 6.42 Å². The Morgan fingerprint density at radius 1 is 1.07 bits per heavy atom. The minimum Gasteiger partial charge on any atom is -0.275 e. The third kappa shape index (κ3) is 10.2. The molecule has 0 heterocycles. The Labute approximate surface area is 101 Å². The van der Waals surface area contributed by atoms with Crippen LogP contribution in [-0.2, 0) is 4.79 Å². The summed E-state index contributed by atoms with van der Waals surface area (Å²) in [7, 11) is 0. The normalized spacial score (nSPS) is 10.3. The van der Waals surface area contributed by atoms with Gasteiger partial charge < -0.3 is 0 Å². The number of carbonyl (C=O) groups is 1. The molecule has 0 spiro atoms. The van der Waals surface area contributed by atoms with Crippen LogP contribution in [0.4, 0.5) is 0 Å². The van der Waals surface area contributed by atoms with E-state index in [4.69, 9.17) is 5.21 Å². The fraction of sp³-hybridized carbons (Fsp3) is 0.909. The molecule has 1 N–H and O–H groups in total. The van der Waals surface area contributed by atoms with Gasteiger partial charge in [-0.15, -0.1) is 0 Å². The van der Waals surface area contributed by atoms with E-state index in [0.717, 1.165) is 12.8 Å². The molecule has 0 unspecified atom stereocenters. The van der Waals surface area contributed by atoms with Gasteiger partial charge in [-0.05, 0) is 6.42 Å². The van der Waals surface area contributed by atoms with Crippen LogP contribution in [0.25, 0.3) is 0 Å². The van der Waals surface area contributed by atoms with Crippen LogP contribution in [0.3, 0.4) is 0 Å². The summed E-state index contributed by atoms with van der Waals surface area (Å²) >= 11 is 2.69. The van der Waals surface area contributed by atoms with Gasteiger partial charge in [0.15, 0.2) is 0 Å². The van der Waals surface area contributed by atoms with Gasteiger partial charge in [0.1, 0.15) is 0 Å². The molecule has 0 saturated carbocycles. The second-order valence-electron chi connectivity index (χ2n) is 3.88.